The molecule has 0 fully saturated rings. The van der Waals surface area contributed by atoms with E-state index in [0.29, 0.717) is 5.92 Å². The van der Waals surface area contributed by atoms with Crippen molar-refractivity contribution in [3.05, 3.63) is 83.7 Å². The number of rotatable bonds is 10. The zero-order valence-corrected chi connectivity index (χ0v) is 15.5. The number of pyridine rings is 1. The number of nitrogens with zero attached hydrogens (tertiary/aromatic N) is 2. The van der Waals surface area contributed by atoms with Crippen molar-refractivity contribution in [2.75, 3.05) is 13.1 Å². The third-order valence-electron chi connectivity index (χ3n) is 4.74. The molecule has 0 bridgehead atoms. The lowest BCUT2D eigenvalue weighted by atomic mass is 9.91. The molecule has 0 amide bonds. The molecule has 2 N–H and O–H groups in total. The molecule has 3 rings (SSSR count). The van der Waals surface area contributed by atoms with Crippen molar-refractivity contribution in [3.63, 3.8) is 0 Å². The van der Waals surface area contributed by atoms with Crippen LogP contribution in [0.15, 0.2) is 61.2 Å². The Hall–Kier alpha value is -2.46. The minimum Gasteiger partial charge on any atom is -0.348 e. The Labute approximate surface area is 156 Å². The van der Waals surface area contributed by atoms with Crippen LogP contribution in [0.5, 0.6) is 0 Å². The van der Waals surface area contributed by atoms with Gasteiger partial charge < -0.3 is 10.3 Å². The summed E-state index contributed by atoms with van der Waals surface area (Å²) in [6, 6.07) is 15.0. The van der Waals surface area contributed by atoms with Gasteiger partial charge in [-0.2, -0.15) is 0 Å². The second-order valence-electron chi connectivity index (χ2n) is 6.79. The summed E-state index contributed by atoms with van der Waals surface area (Å²) in [7, 11) is 0. The monoisotopic (exact) mass is 348 g/mol. The molecule has 2 heterocycles. The third-order valence-corrected chi connectivity index (χ3v) is 4.74. The van der Waals surface area contributed by atoms with Gasteiger partial charge in [0.1, 0.15) is 0 Å². The van der Waals surface area contributed by atoms with Gasteiger partial charge in [0.2, 0.25) is 0 Å². The smallest absolute Gasteiger partial charge is 0.0921 e. The maximum Gasteiger partial charge on any atom is 0.0921 e. The molecule has 0 spiro atoms. The van der Waals surface area contributed by atoms with Gasteiger partial charge in [0.25, 0.3) is 0 Å². The normalized spacial score (nSPS) is 12.2. The van der Waals surface area contributed by atoms with E-state index in [2.05, 4.69) is 63.6 Å². The number of nitrogens with one attached hydrogen (secondary N) is 2. The molecule has 0 aliphatic carbocycles. The number of benzene rings is 1. The Kier molecular flexibility index (Phi) is 6.96. The van der Waals surface area contributed by atoms with E-state index < -0.39 is 0 Å². The summed E-state index contributed by atoms with van der Waals surface area (Å²) < 4.78 is 0. The number of hydrogen-bond acceptors (Lipinski definition) is 3. The van der Waals surface area contributed by atoms with Crippen LogP contribution >= 0.6 is 0 Å². The Morgan fingerprint density at radius 2 is 1.92 bits per heavy atom. The molecule has 3 aromatic rings. The lowest BCUT2D eigenvalue weighted by molar-refractivity contribution is 0.576. The third kappa shape index (κ3) is 5.53. The van der Waals surface area contributed by atoms with Crippen molar-refractivity contribution in [2.24, 2.45) is 0 Å². The van der Waals surface area contributed by atoms with Gasteiger partial charge in [-0.15, -0.1) is 0 Å². The minimum atomic E-state index is 0.342. The first-order chi connectivity index (χ1) is 12.8. The quantitative estimate of drug-likeness (QED) is 0.539. The molecule has 4 nitrogen and oxygen atoms in total. The number of H-pyrrole nitrogens is 1. The Bertz CT molecular complexity index is 736. The highest BCUT2D eigenvalue weighted by molar-refractivity contribution is 5.30. The van der Waals surface area contributed by atoms with Gasteiger partial charge in [0, 0.05) is 29.7 Å². The minimum absolute atomic E-state index is 0.342. The first-order valence-electron chi connectivity index (χ1n) is 9.48. The molecule has 0 saturated carbocycles. The average Bonchev–Trinajstić information content (AvgIpc) is 3.19. The predicted octanol–water partition coefficient (Wildman–Crippen LogP) is 4.25. The highest BCUT2D eigenvalue weighted by Gasteiger charge is 2.14. The second kappa shape index (κ2) is 9.88. The van der Waals surface area contributed by atoms with Gasteiger partial charge in [0.15, 0.2) is 0 Å². The highest BCUT2D eigenvalue weighted by atomic mass is 14.9. The lowest BCUT2D eigenvalue weighted by Gasteiger charge is -2.17. The summed E-state index contributed by atoms with van der Waals surface area (Å²) in [5.74, 6) is 0.342. The summed E-state index contributed by atoms with van der Waals surface area (Å²) in [6.07, 6.45) is 10.0. The van der Waals surface area contributed by atoms with E-state index in [1.54, 1.807) is 6.33 Å². The van der Waals surface area contributed by atoms with Crippen molar-refractivity contribution in [1.82, 2.24) is 20.3 Å². The van der Waals surface area contributed by atoms with E-state index in [1.165, 1.54) is 29.7 Å². The molecule has 26 heavy (non-hydrogen) atoms. The van der Waals surface area contributed by atoms with Crippen molar-refractivity contribution >= 4 is 0 Å². The average molecular weight is 348 g/mol. The maximum atomic E-state index is 4.60. The van der Waals surface area contributed by atoms with Crippen LogP contribution in [0.4, 0.5) is 0 Å². The zero-order chi connectivity index (χ0) is 18.0. The summed E-state index contributed by atoms with van der Waals surface area (Å²) in [4.78, 5) is 11.8. The number of aromatic nitrogens is 3. The Morgan fingerprint density at radius 1 is 1.04 bits per heavy atom. The van der Waals surface area contributed by atoms with Gasteiger partial charge in [-0.3, -0.25) is 4.98 Å². The molecule has 2 aromatic heterocycles. The van der Waals surface area contributed by atoms with Crippen LogP contribution in [0.3, 0.4) is 0 Å². The molecule has 0 aliphatic rings. The standard InChI is InChI=1S/C22H28N4/c1-18-8-10-19(11-9-18)21(22-7-3-5-14-25-22)12-15-23-13-4-2-6-20-16-24-17-26-20/h3,5,7-11,14,16-17,21,23H,2,4,6,12-13,15H2,1H3,(H,24,26). The summed E-state index contributed by atoms with van der Waals surface area (Å²) in [5, 5.41) is 3.59. The fraction of sp³-hybridized carbons (Fsp3) is 0.364. The number of unbranched alkanes of at least 4 members (excludes halogenated alkanes) is 1. The van der Waals surface area contributed by atoms with E-state index in [4.69, 9.17) is 0 Å². The summed E-state index contributed by atoms with van der Waals surface area (Å²) in [5.41, 5.74) is 5.01. The topological polar surface area (TPSA) is 53.6 Å². The zero-order valence-electron chi connectivity index (χ0n) is 15.5. The fourth-order valence-corrected chi connectivity index (χ4v) is 3.22. The van der Waals surface area contributed by atoms with Gasteiger partial charge >= 0.3 is 0 Å². The first kappa shape index (κ1) is 18.3. The molecule has 0 radical (unpaired) electrons. The van der Waals surface area contributed by atoms with Gasteiger partial charge in [-0.1, -0.05) is 35.9 Å². The Morgan fingerprint density at radius 3 is 2.65 bits per heavy atom. The van der Waals surface area contributed by atoms with E-state index in [9.17, 15) is 0 Å². The second-order valence-corrected chi connectivity index (χ2v) is 6.79. The van der Waals surface area contributed by atoms with Crippen LogP contribution in [0.2, 0.25) is 0 Å². The van der Waals surface area contributed by atoms with Crippen LogP contribution in [0, 0.1) is 6.92 Å². The van der Waals surface area contributed by atoms with E-state index >= 15 is 0 Å². The first-order valence-corrected chi connectivity index (χ1v) is 9.48. The molecule has 1 aromatic carbocycles. The van der Waals surface area contributed by atoms with Gasteiger partial charge in [-0.05, 0) is 63.4 Å². The van der Waals surface area contributed by atoms with Crippen LogP contribution in [-0.4, -0.2) is 28.0 Å². The fourth-order valence-electron chi connectivity index (χ4n) is 3.22. The summed E-state index contributed by atoms with van der Waals surface area (Å²) >= 11 is 0. The van der Waals surface area contributed by atoms with Crippen LogP contribution in [0.1, 0.15) is 47.7 Å². The van der Waals surface area contributed by atoms with Crippen molar-refractivity contribution in [2.45, 2.75) is 38.5 Å². The molecule has 0 aliphatic heterocycles. The van der Waals surface area contributed by atoms with Gasteiger partial charge in [-0.25, -0.2) is 4.98 Å². The lowest BCUT2D eigenvalue weighted by Crippen LogP contribution is -2.20. The van der Waals surface area contributed by atoms with Crippen LogP contribution < -0.4 is 5.32 Å². The number of hydrogen-bond donors (Lipinski definition) is 2. The van der Waals surface area contributed by atoms with Crippen molar-refractivity contribution in [3.8, 4) is 0 Å². The van der Waals surface area contributed by atoms with E-state index in [1.807, 2.05) is 18.5 Å². The highest BCUT2D eigenvalue weighted by Crippen LogP contribution is 2.26. The number of aromatic amines is 1. The Balaban J connectivity index is 1.46. The number of aryl methyl sites for hydroxylation is 2. The predicted molar refractivity (Wildman–Crippen MR) is 106 cm³/mol. The molecular formula is C22H28N4. The van der Waals surface area contributed by atoms with E-state index in [0.717, 1.165) is 31.6 Å². The molecule has 136 valence electrons. The maximum absolute atomic E-state index is 4.60. The van der Waals surface area contributed by atoms with Crippen LogP contribution in [0.25, 0.3) is 0 Å². The molecule has 1 unspecified atom stereocenters. The van der Waals surface area contributed by atoms with Crippen molar-refractivity contribution < 1.29 is 0 Å². The largest absolute Gasteiger partial charge is 0.348 e. The summed E-state index contributed by atoms with van der Waals surface area (Å²) in [6.45, 7) is 4.18. The SMILES string of the molecule is Cc1ccc(C(CCNCCCCc2cnc[nH]2)c2ccccn2)cc1. The molecule has 0 saturated heterocycles. The van der Waals surface area contributed by atoms with Crippen LogP contribution in [-0.2, 0) is 6.42 Å². The molecule has 4 heteroatoms. The number of imidazole rings is 1. The van der Waals surface area contributed by atoms with Crippen molar-refractivity contribution in [1.29, 1.82) is 0 Å². The van der Waals surface area contributed by atoms with Gasteiger partial charge in [0.05, 0.1) is 6.33 Å². The molecule has 1 atom stereocenters. The van der Waals surface area contributed by atoms with E-state index in [-0.39, 0.29) is 0 Å². The molecular weight excluding hydrogens is 320 g/mol.